The molecule has 0 aliphatic rings. The van der Waals surface area contributed by atoms with Gasteiger partial charge in [0.15, 0.2) is 0 Å². The molecule has 2 rings (SSSR count). The van der Waals surface area contributed by atoms with Crippen molar-refractivity contribution in [1.82, 2.24) is 20.5 Å². The number of hydrogen-bond acceptors (Lipinski definition) is 3. The standard InChI is InChI=1S/C13H12BrFN4O/c1-8(13-16-7-17-19-13)18-12(20)5-2-9-6-10(14)3-4-11(9)15/h2-8H,1H3,(H,18,20)(H,16,17,19)/b5-2+. The molecule has 2 aromatic rings. The van der Waals surface area contributed by atoms with Gasteiger partial charge in [0.25, 0.3) is 0 Å². The van der Waals surface area contributed by atoms with E-state index in [9.17, 15) is 9.18 Å². The summed E-state index contributed by atoms with van der Waals surface area (Å²) in [5.41, 5.74) is 0.335. The number of carbonyl (C=O) groups excluding carboxylic acids is 1. The van der Waals surface area contributed by atoms with Crippen molar-refractivity contribution in [3.05, 3.63) is 52.3 Å². The Bertz CT molecular complexity index is 627. The van der Waals surface area contributed by atoms with Crippen molar-refractivity contribution in [3.8, 4) is 0 Å². The van der Waals surface area contributed by atoms with Crippen LogP contribution >= 0.6 is 15.9 Å². The van der Waals surface area contributed by atoms with E-state index < -0.39 is 0 Å². The molecule has 0 spiro atoms. The van der Waals surface area contributed by atoms with E-state index in [4.69, 9.17) is 0 Å². The summed E-state index contributed by atoms with van der Waals surface area (Å²) in [6.45, 7) is 1.77. The highest BCUT2D eigenvalue weighted by molar-refractivity contribution is 9.10. The summed E-state index contributed by atoms with van der Waals surface area (Å²) in [5, 5.41) is 9.06. The third-order valence-electron chi connectivity index (χ3n) is 2.57. The molecule has 1 atom stereocenters. The van der Waals surface area contributed by atoms with Gasteiger partial charge in [-0.1, -0.05) is 15.9 Å². The first-order valence-electron chi connectivity index (χ1n) is 5.85. The van der Waals surface area contributed by atoms with Gasteiger partial charge in [-0.3, -0.25) is 9.89 Å². The van der Waals surface area contributed by atoms with Crippen LogP contribution in [0.4, 0.5) is 4.39 Å². The van der Waals surface area contributed by atoms with Gasteiger partial charge >= 0.3 is 0 Å². The highest BCUT2D eigenvalue weighted by Crippen LogP contribution is 2.16. The predicted molar refractivity (Wildman–Crippen MR) is 76.1 cm³/mol. The fraction of sp³-hybridized carbons (Fsp3) is 0.154. The van der Waals surface area contributed by atoms with Crippen molar-refractivity contribution < 1.29 is 9.18 Å². The average Bonchev–Trinajstić information content (AvgIpc) is 2.94. The number of nitrogens with one attached hydrogen (secondary N) is 2. The fourth-order valence-corrected chi connectivity index (χ4v) is 1.94. The summed E-state index contributed by atoms with van der Waals surface area (Å²) >= 11 is 3.25. The van der Waals surface area contributed by atoms with E-state index in [1.165, 1.54) is 24.5 Å². The maximum absolute atomic E-state index is 13.5. The van der Waals surface area contributed by atoms with E-state index in [1.807, 2.05) is 0 Å². The van der Waals surface area contributed by atoms with E-state index in [-0.39, 0.29) is 17.8 Å². The van der Waals surface area contributed by atoms with Gasteiger partial charge in [-0.05, 0) is 31.2 Å². The molecule has 104 valence electrons. The van der Waals surface area contributed by atoms with Gasteiger partial charge in [-0.15, -0.1) is 0 Å². The molecule has 7 heteroatoms. The lowest BCUT2D eigenvalue weighted by Crippen LogP contribution is -2.25. The number of nitrogens with zero attached hydrogens (tertiary/aromatic N) is 2. The monoisotopic (exact) mass is 338 g/mol. The predicted octanol–water partition coefficient (Wildman–Crippen LogP) is 2.60. The van der Waals surface area contributed by atoms with Crippen molar-refractivity contribution in [2.24, 2.45) is 0 Å². The van der Waals surface area contributed by atoms with Crippen LogP contribution in [0.5, 0.6) is 0 Å². The highest BCUT2D eigenvalue weighted by Gasteiger charge is 2.09. The number of halogens is 2. The summed E-state index contributed by atoms with van der Waals surface area (Å²) in [4.78, 5) is 15.7. The Morgan fingerprint density at radius 2 is 2.35 bits per heavy atom. The second kappa shape index (κ2) is 6.42. The van der Waals surface area contributed by atoms with E-state index >= 15 is 0 Å². The molecule has 5 nitrogen and oxygen atoms in total. The van der Waals surface area contributed by atoms with Crippen LogP contribution in [0.25, 0.3) is 6.08 Å². The third-order valence-corrected chi connectivity index (χ3v) is 3.07. The number of carbonyl (C=O) groups is 1. The third kappa shape index (κ3) is 3.74. The lowest BCUT2D eigenvalue weighted by atomic mass is 10.2. The Morgan fingerprint density at radius 1 is 1.55 bits per heavy atom. The summed E-state index contributed by atoms with van der Waals surface area (Å²) in [5.74, 6) is -0.172. The highest BCUT2D eigenvalue weighted by atomic mass is 79.9. The quantitative estimate of drug-likeness (QED) is 0.841. The Morgan fingerprint density at radius 3 is 3.05 bits per heavy atom. The molecule has 1 amide bonds. The van der Waals surface area contributed by atoms with Crippen LogP contribution in [-0.4, -0.2) is 21.1 Å². The van der Waals surface area contributed by atoms with E-state index in [0.29, 0.717) is 11.4 Å². The maximum Gasteiger partial charge on any atom is 0.244 e. The van der Waals surface area contributed by atoms with Crippen molar-refractivity contribution >= 4 is 27.9 Å². The molecule has 0 radical (unpaired) electrons. The molecule has 1 unspecified atom stereocenters. The molecule has 0 aliphatic heterocycles. The zero-order valence-corrected chi connectivity index (χ0v) is 12.2. The van der Waals surface area contributed by atoms with Crippen molar-refractivity contribution in [2.45, 2.75) is 13.0 Å². The lowest BCUT2D eigenvalue weighted by Gasteiger charge is -2.08. The largest absolute Gasteiger partial charge is 0.343 e. The van der Waals surface area contributed by atoms with E-state index in [2.05, 4.69) is 36.4 Å². The first-order valence-corrected chi connectivity index (χ1v) is 6.64. The second-order valence-electron chi connectivity index (χ2n) is 4.10. The summed E-state index contributed by atoms with van der Waals surface area (Å²) in [7, 11) is 0. The van der Waals surface area contributed by atoms with Crippen LogP contribution < -0.4 is 5.32 Å². The van der Waals surface area contributed by atoms with Crippen LogP contribution in [-0.2, 0) is 4.79 Å². The Balaban J connectivity index is 2.00. The molecule has 0 aliphatic carbocycles. The maximum atomic E-state index is 13.5. The van der Waals surface area contributed by atoms with Gasteiger partial charge in [0, 0.05) is 16.1 Å². The second-order valence-corrected chi connectivity index (χ2v) is 5.02. The van der Waals surface area contributed by atoms with Crippen LogP contribution in [0.1, 0.15) is 24.4 Å². The summed E-state index contributed by atoms with van der Waals surface area (Å²) in [6.07, 6.45) is 4.06. The minimum absolute atomic E-state index is 0.304. The smallest absolute Gasteiger partial charge is 0.244 e. The van der Waals surface area contributed by atoms with Gasteiger partial charge in [0.2, 0.25) is 5.91 Å². The molecule has 1 aromatic heterocycles. The van der Waals surface area contributed by atoms with Crippen molar-refractivity contribution in [1.29, 1.82) is 0 Å². The van der Waals surface area contributed by atoms with E-state index in [0.717, 1.165) is 4.47 Å². The van der Waals surface area contributed by atoms with Crippen LogP contribution in [0, 0.1) is 5.82 Å². The minimum Gasteiger partial charge on any atom is -0.343 e. The van der Waals surface area contributed by atoms with Gasteiger partial charge in [-0.2, -0.15) is 5.10 Å². The molecule has 0 bridgehead atoms. The number of amides is 1. The number of rotatable bonds is 4. The molecular weight excluding hydrogens is 327 g/mol. The first kappa shape index (κ1) is 14.4. The number of benzene rings is 1. The van der Waals surface area contributed by atoms with E-state index in [1.54, 1.807) is 19.1 Å². The van der Waals surface area contributed by atoms with Crippen molar-refractivity contribution in [2.75, 3.05) is 0 Å². The van der Waals surface area contributed by atoms with Crippen molar-refractivity contribution in [3.63, 3.8) is 0 Å². The molecule has 0 saturated carbocycles. The zero-order valence-electron chi connectivity index (χ0n) is 10.6. The van der Waals surface area contributed by atoms with Gasteiger partial charge in [0.1, 0.15) is 18.0 Å². The van der Waals surface area contributed by atoms with Crippen LogP contribution in [0.15, 0.2) is 35.1 Å². The summed E-state index contributed by atoms with van der Waals surface area (Å²) < 4.78 is 14.2. The van der Waals surface area contributed by atoms with Gasteiger partial charge < -0.3 is 5.32 Å². The van der Waals surface area contributed by atoms with Crippen LogP contribution in [0.2, 0.25) is 0 Å². The number of aromatic amines is 1. The lowest BCUT2D eigenvalue weighted by molar-refractivity contribution is -0.117. The molecule has 20 heavy (non-hydrogen) atoms. The molecule has 2 N–H and O–H groups in total. The average molecular weight is 339 g/mol. The zero-order chi connectivity index (χ0) is 14.5. The first-order chi connectivity index (χ1) is 9.56. The SMILES string of the molecule is CC(NC(=O)/C=C/c1cc(Br)ccc1F)c1ncn[nH]1. The Labute approximate surface area is 123 Å². The molecule has 1 aromatic carbocycles. The van der Waals surface area contributed by atoms with Crippen LogP contribution in [0.3, 0.4) is 0 Å². The molecular formula is C13H12BrFN4O. The topological polar surface area (TPSA) is 70.7 Å². The van der Waals surface area contributed by atoms with Gasteiger partial charge in [-0.25, -0.2) is 9.37 Å². The molecule has 0 saturated heterocycles. The number of aromatic nitrogens is 3. The fourth-order valence-electron chi connectivity index (χ4n) is 1.56. The summed E-state index contributed by atoms with van der Waals surface area (Å²) in [6, 6.07) is 4.22. The Hall–Kier alpha value is -2.02. The number of H-pyrrole nitrogens is 1. The Kier molecular flexibility index (Phi) is 4.62. The van der Waals surface area contributed by atoms with Gasteiger partial charge in [0.05, 0.1) is 6.04 Å². The normalized spacial score (nSPS) is 12.6. The number of hydrogen-bond donors (Lipinski definition) is 2. The molecule has 1 heterocycles. The minimum atomic E-state index is -0.388. The molecule has 0 fully saturated rings.